The highest BCUT2D eigenvalue weighted by Crippen LogP contribution is 2.35. The predicted octanol–water partition coefficient (Wildman–Crippen LogP) is 2.27. The second-order valence-corrected chi connectivity index (χ2v) is 7.18. The quantitative estimate of drug-likeness (QED) is 0.817. The van der Waals surface area contributed by atoms with E-state index in [0.29, 0.717) is 19.0 Å². The Morgan fingerprint density at radius 2 is 2.15 bits per heavy atom. The number of carbonyl (C=O) groups excluding carboxylic acids is 1. The number of thioether (sulfide) groups is 1. The summed E-state index contributed by atoms with van der Waals surface area (Å²) in [6.45, 7) is 7.01. The molecule has 0 saturated carbocycles. The SMILES string of the molecule is CSCC(C)CNC(=O)N1CCCC(C)(C)C1C(=O)O. The van der Waals surface area contributed by atoms with Gasteiger partial charge in [-0.25, -0.2) is 9.59 Å². The topological polar surface area (TPSA) is 69.6 Å². The van der Waals surface area contributed by atoms with Gasteiger partial charge in [-0.05, 0) is 36.2 Å². The molecule has 2 N–H and O–H groups in total. The molecule has 0 spiro atoms. The van der Waals surface area contributed by atoms with Crippen molar-refractivity contribution in [2.24, 2.45) is 11.3 Å². The highest BCUT2D eigenvalue weighted by Gasteiger charge is 2.44. The third-order valence-corrected chi connectivity index (χ3v) is 4.72. The zero-order valence-electron chi connectivity index (χ0n) is 12.8. The van der Waals surface area contributed by atoms with Crippen molar-refractivity contribution in [1.29, 1.82) is 0 Å². The number of likely N-dealkylation sites (tertiary alicyclic amines) is 1. The van der Waals surface area contributed by atoms with E-state index in [1.165, 1.54) is 4.90 Å². The first-order valence-corrected chi connectivity index (χ1v) is 8.45. The van der Waals surface area contributed by atoms with E-state index in [4.69, 9.17) is 0 Å². The fourth-order valence-corrected chi connectivity index (χ4v) is 3.47. The summed E-state index contributed by atoms with van der Waals surface area (Å²) in [6, 6.07) is -0.995. The van der Waals surface area contributed by atoms with Crippen LogP contribution in [-0.2, 0) is 4.79 Å². The average molecular weight is 302 g/mol. The Hall–Kier alpha value is -0.910. The van der Waals surface area contributed by atoms with Crippen molar-refractivity contribution in [2.45, 2.75) is 39.7 Å². The molecule has 0 aromatic carbocycles. The first kappa shape index (κ1) is 17.1. The molecule has 1 aliphatic rings. The number of amides is 2. The highest BCUT2D eigenvalue weighted by atomic mass is 32.2. The Morgan fingerprint density at radius 1 is 1.50 bits per heavy atom. The number of hydrogen-bond acceptors (Lipinski definition) is 3. The maximum atomic E-state index is 12.3. The summed E-state index contributed by atoms with van der Waals surface area (Å²) in [6.07, 6.45) is 3.72. The van der Waals surface area contributed by atoms with Gasteiger partial charge in [-0.2, -0.15) is 11.8 Å². The molecule has 0 radical (unpaired) electrons. The number of nitrogens with one attached hydrogen (secondary N) is 1. The van der Waals surface area contributed by atoms with Gasteiger partial charge in [0.15, 0.2) is 0 Å². The summed E-state index contributed by atoms with van der Waals surface area (Å²) in [5.41, 5.74) is -0.383. The summed E-state index contributed by atoms with van der Waals surface area (Å²) < 4.78 is 0. The molecular weight excluding hydrogens is 276 g/mol. The summed E-state index contributed by atoms with van der Waals surface area (Å²) in [4.78, 5) is 25.2. The minimum atomic E-state index is -0.915. The van der Waals surface area contributed by atoms with Crippen LogP contribution in [0.2, 0.25) is 0 Å². The zero-order chi connectivity index (χ0) is 15.3. The molecule has 2 amide bonds. The van der Waals surface area contributed by atoms with Crippen LogP contribution in [0.4, 0.5) is 4.79 Å². The predicted molar refractivity (Wildman–Crippen MR) is 82.1 cm³/mol. The van der Waals surface area contributed by atoms with Gasteiger partial charge in [0.25, 0.3) is 0 Å². The van der Waals surface area contributed by atoms with Crippen molar-refractivity contribution < 1.29 is 14.7 Å². The summed E-state index contributed by atoms with van der Waals surface area (Å²) in [7, 11) is 0. The van der Waals surface area contributed by atoms with Gasteiger partial charge < -0.3 is 15.3 Å². The molecule has 2 atom stereocenters. The molecule has 0 aromatic rings. The Bertz CT molecular complexity index is 360. The fraction of sp³-hybridized carbons (Fsp3) is 0.857. The van der Waals surface area contributed by atoms with Crippen molar-refractivity contribution in [2.75, 3.05) is 25.1 Å². The van der Waals surface area contributed by atoms with Gasteiger partial charge in [0.05, 0.1) is 0 Å². The highest BCUT2D eigenvalue weighted by molar-refractivity contribution is 7.98. The molecule has 1 heterocycles. The molecule has 0 aliphatic carbocycles. The lowest BCUT2D eigenvalue weighted by Crippen LogP contribution is -2.59. The molecule has 2 unspecified atom stereocenters. The molecule has 0 bridgehead atoms. The van der Waals surface area contributed by atoms with Gasteiger partial charge >= 0.3 is 12.0 Å². The third-order valence-electron chi connectivity index (χ3n) is 3.82. The zero-order valence-corrected chi connectivity index (χ0v) is 13.6. The van der Waals surface area contributed by atoms with Crippen molar-refractivity contribution in [3.63, 3.8) is 0 Å². The lowest BCUT2D eigenvalue weighted by atomic mass is 9.76. The van der Waals surface area contributed by atoms with E-state index in [0.717, 1.165) is 18.6 Å². The van der Waals surface area contributed by atoms with Gasteiger partial charge in [-0.15, -0.1) is 0 Å². The van der Waals surface area contributed by atoms with Crippen LogP contribution in [-0.4, -0.2) is 53.1 Å². The van der Waals surface area contributed by atoms with Crippen LogP contribution in [0.1, 0.15) is 33.6 Å². The second-order valence-electron chi connectivity index (χ2n) is 6.27. The number of rotatable bonds is 5. The van der Waals surface area contributed by atoms with E-state index in [1.54, 1.807) is 11.8 Å². The van der Waals surface area contributed by atoms with Gasteiger partial charge in [-0.3, -0.25) is 0 Å². The standard InChI is InChI=1S/C14H26N2O3S/c1-10(9-20-4)8-15-13(19)16-7-5-6-14(2,3)11(16)12(17)18/h10-11H,5-9H2,1-4H3,(H,15,19)(H,17,18). The number of hydrogen-bond donors (Lipinski definition) is 2. The summed E-state index contributed by atoms with van der Waals surface area (Å²) >= 11 is 1.74. The number of carbonyl (C=O) groups is 2. The molecule has 1 rings (SSSR count). The van der Waals surface area contributed by atoms with Crippen LogP contribution >= 0.6 is 11.8 Å². The maximum absolute atomic E-state index is 12.3. The Labute approximate surface area is 125 Å². The van der Waals surface area contributed by atoms with Gasteiger partial charge in [0, 0.05) is 13.1 Å². The lowest BCUT2D eigenvalue weighted by Gasteiger charge is -2.43. The number of nitrogens with zero attached hydrogens (tertiary/aromatic N) is 1. The van der Waals surface area contributed by atoms with Crippen molar-refractivity contribution in [3.8, 4) is 0 Å². The average Bonchev–Trinajstić information content (AvgIpc) is 2.34. The van der Waals surface area contributed by atoms with Crippen LogP contribution in [0.25, 0.3) is 0 Å². The Morgan fingerprint density at radius 3 is 2.70 bits per heavy atom. The summed E-state index contributed by atoms with van der Waals surface area (Å²) in [5, 5.41) is 12.3. The molecule has 116 valence electrons. The molecule has 1 aliphatic heterocycles. The van der Waals surface area contributed by atoms with Crippen LogP contribution < -0.4 is 5.32 Å². The van der Waals surface area contributed by atoms with E-state index in [-0.39, 0.29) is 11.4 Å². The lowest BCUT2D eigenvalue weighted by molar-refractivity contribution is -0.148. The van der Waals surface area contributed by atoms with Gasteiger partial charge in [0.1, 0.15) is 6.04 Å². The minimum Gasteiger partial charge on any atom is -0.480 e. The monoisotopic (exact) mass is 302 g/mol. The fourth-order valence-electron chi connectivity index (χ4n) is 2.79. The molecular formula is C14H26N2O3S. The third kappa shape index (κ3) is 4.30. The van der Waals surface area contributed by atoms with Crippen molar-refractivity contribution >= 4 is 23.8 Å². The van der Waals surface area contributed by atoms with E-state index >= 15 is 0 Å². The Balaban J connectivity index is 2.67. The summed E-state index contributed by atoms with van der Waals surface area (Å²) in [5.74, 6) is 0.450. The minimum absolute atomic E-state index is 0.252. The first-order chi connectivity index (χ1) is 9.29. The number of carboxylic acid groups (broad SMARTS) is 1. The van der Waals surface area contributed by atoms with E-state index < -0.39 is 12.0 Å². The van der Waals surface area contributed by atoms with Crippen LogP contribution in [0, 0.1) is 11.3 Å². The largest absolute Gasteiger partial charge is 0.480 e. The van der Waals surface area contributed by atoms with E-state index in [9.17, 15) is 14.7 Å². The van der Waals surface area contributed by atoms with Gasteiger partial charge in [0.2, 0.25) is 0 Å². The smallest absolute Gasteiger partial charge is 0.327 e. The molecule has 1 fully saturated rings. The molecule has 5 nitrogen and oxygen atoms in total. The van der Waals surface area contributed by atoms with Crippen molar-refractivity contribution in [3.05, 3.63) is 0 Å². The van der Waals surface area contributed by atoms with Crippen LogP contribution in [0.3, 0.4) is 0 Å². The first-order valence-electron chi connectivity index (χ1n) is 7.06. The molecule has 20 heavy (non-hydrogen) atoms. The second kappa shape index (κ2) is 7.20. The molecule has 1 saturated heterocycles. The number of carboxylic acids is 1. The number of urea groups is 1. The number of aliphatic carboxylic acids is 1. The molecule has 6 heteroatoms. The van der Waals surface area contributed by atoms with Crippen molar-refractivity contribution in [1.82, 2.24) is 10.2 Å². The van der Waals surface area contributed by atoms with Crippen LogP contribution in [0.5, 0.6) is 0 Å². The van der Waals surface area contributed by atoms with Gasteiger partial charge in [-0.1, -0.05) is 20.8 Å². The van der Waals surface area contributed by atoms with Crippen LogP contribution in [0.15, 0.2) is 0 Å². The normalized spacial score (nSPS) is 23.2. The molecule has 0 aromatic heterocycles. The van der Waals surface area contributed by atoms with E-state index in [1.807, 2.05) is 20.1 Å². The maximum Gasteiger partial charge on any atom is 0.327 e. The van der Waals surface area contributed by atoms with E-state index in [2.05, 4.69) is 12.2 Å². The Kier molecular flexibility index (Phi) is 6.17. The number of piperidine rings is 1.